The Balaban J connectivity index is 1.68. The highest BCUT2D eigenvalue weighted by Gasteiger charge is 2.25. The zero-order chi connectivity index (χ0) is 12.4. The lowest BCUT2D eigenvalue weighted by molar-refractivity contribution is 0.0751. The minimum Gasteiger partial charge on any atom is -0.454 e. The molecule has 2 aliphatic rings. The van der Waals surface area contributed by atoms with Gasteiger partial charge in [-0.15, -0.1) is 0 Å². The van der Waals surface area contributed by atoms with Gasteiger partial charge in [-0.25, -0.2) is 5.90 Å². The van der Waals surface area contributed by atoms with Crippen molar-refractivity contribution in [2.45, 2.75) is 25.4 Å². The predicted octanol–water partition coefficient (Wildman–Crippen LogP) is 1.27. The third-order valence-corrected chi connectivity index (χ3v) is 3.61. The highest BCUT2D eigenvalue weighted by Crippen LogP contribution is 2.33. The molecule has 0 amide bonds. The molecule has 1 atom stereocenters. The molecule has 1 saturated heterocycles. The van der Waals surface area contributed by atoms with Crippen LogP contribution in [0.2, 0.25) is 0 Å². The summed E-state index contributed by atoms with van der Waals surface area (Å²) in [5, 5.41) is 0. The molecule has 1 fully saturated rings. The van der Waals surface area contributed by atoms with Gasteiger partial charge < -0.3 is 14.3 Å². The van der Waals surface area contributed by atoms with E-state index >= 15 is 0 Å². The maximum atomic E-state index is 5.39. The number of hydrogen-bond acceptors (Lipinski definition) is 5. The Morgan fingerprint density at radius 2 is 2.22 bits per heavy atom. The summed E-state index contributed by atoms with van der Waals surface area (Å²) in [6.45, 7) is 2.93. The average molecular weight is 250 g/mol. The number of ether oxygens (including phenoxy) is 2. The second-order valence-electron chi connectivity index (χ2n) is 4.79. The quantitative estimate of drug-likeness (QED) is 0.815. The Bertz CT molecular complexity index is 425. The first-order valence-corrected chi connectivity index (χ1v) is 6.31. The summed E-state index contributed by atoms with van der Waals surface area (Å²) in [5.74, 6) is 6.86. The van der Waals surface area contributed by atoms with Crippen LogP contribution in [0.1, 0.15) is 18.4 Å². The molecule has 18 heavy (non-hydrogen) atoms. The monoisotopic (exact) mass is 250 g/mol. The van der Waals surface area contributed by atoms with Gasteiger partial charge in [0.2, 0.25) is 6.79 Å². The van der Waals surface area contributed by atoms with Crippen LogP contribution in [0, 0.1) is 0 Å². The minimum atomic E-state index is 0.326. The topological polar surface area (TPSA) is 57.0 Å². The van der Waals surface area contributed by atoms with E-state index in [4.69, 9.17) is 20.2 Å². The highest BCUT2D eigenvalue weighted by atomic mass is 16.7. The van der Waals surface area contributed by atoms with Gasteiger partial charge in [0.25, 0.3) is 0 Å². The predicted molar refractivity (Wildman–Crippen MR) is 66.1 cm³/mol. The molecule has 1 aromatic rings. The molecule has 2 N–H and O–H groups in total. The normalized spacial score (nSPS) is 22.6. The van der Waals surface area contributed by atoms with E-state index in [2.05, 4.69) is 17.0 Å². The molecule has 5 heteroatoms. The van der Waals surface area contributed by atoms with Crippen LogP contribution in [0.4, 0.5) is 0 Å². The molecule has 0 aromatic heterocycles. The van der Waals surface area contributed by atoms with Crippen molar-refractivity contribution < 1.29 is 14.3 Å². The van der Waals surface area contributed by atoms with Crippen molar-refractivity contribution in [2.75, 3.05) is 19.9 Å². The smallest absolute Gasteiger partial charge is 0.231 e. The Kier molecular flexibility index (Phi) is 3.36. The van der Waals surface area contributed by atoms with Gasteiger partial charge in [-0.05, 0) is 37.1 Å². The zero-order valence-electron chi connectivity index (χ0n) is 10.3. The molecule has 1 unspecified atom stereocenters. The van der Waals surface area contributed by atoms with Gasteiger partial charge in [0, 0.05) is 12.6 Å². The van der Waals surface area contributed by atoms with E-state index in [1.807, 2.05) is 6.07 Å². The van der Waals surface area contributed by atoms with E-state index in [0.29, 0.717) is 19.4 Å². The van der Waals surface area contributed by atoms with Crippen molar-refractivity contribution in [1.82, 2.24) is 4.90 Å². The molecule has 3 rings (SSSR count). The Morgan fingerprint density at radius 1 is 1.33 bits per heavy atom. The van der Waals surface area contributed by atoms with Crippen LogP contribution < -0.4 is 15.4 Å². The van der Waals surface area contributed by atoms with Crippen molar-refractivity contribution in [2.24, 2.45) is 5.90 Å². The van der Waals surface area contributed by atoms with Gasteiger partial charge in [-0.1, -0.05) is 6.07 Å². The van der Waals surface area contributed by atoms with Crippen LogP contribution >= 0.6 is 0 Å². The standard InChI is InChI=1S/C13H18N2O3/c14-18-8-11-2-1-5-15(11)7-10-3-4-12-13(6-10)17-9-16-12/h3-4,6,11H,1-2,5,7-9,14H2. The summed E-state index contributed by atoms with van der Waals surface area (Å²) < 4.78 is 10.7. The van der Waals surface area contributed by atoms with Crippen molar-refractivity contribution in [3.63, 3.8) is 0 Å². The van der Waals surface area contributed by atoms with Crippen molar-refractivity contribution in [1.29, 1.82) is 0 Å². The fourth-order valence-corrected chi connectivity index (χ4v) is 2.68. The molecule has 0 aliphatic carbocycles. The lowest BCUT2D eigenvalue weighted by Gasteiger charge is -2.23. The van der Waals surface area contributed by atoms with Gasteiger partial charge in [0.05, 0.1) is 6.61 Å². The average Bonchev–Trinajstić information content (AvgIpc) is 2.99. The molecule has 1 aromatic carbocycles. The van der Waals surface area contributed by atoms with Crippen LogP contribution in [-0.2, 0) is 11.4 Å². The van der Waals surface area contributed by atoms with E-state index in [1.54, 1.807) is 0 Å². The summed E-state index contributed by atoms with van der Waals surface area (Å²) in [7, 11) is 0. The van der Waals surface area contributed by atoms with Gasteiger partial charge >= 0.3 is 0 Å². The van der Waals surface area contributed by atoms with Gasteiger partial charge in [-0.3, -0.25) is 4.90 Å². The summed E-state index contributed by atoms with van der Waals surface area (Å²) in [4.78, 5) is 7.19. The molecule has 0 radical (unpaired) electrons. The minimum absolute atomic E-state index is 0.326. The molecule has 2 heterocycles. The number of nitrogens with zero attached hydrogens (tertiary/aromatic N) is 1. The van der Waals surface area contributed by atoms with Crippen LogP contribution in [0.3, 0.4) is 0 Å². The maximum absolute atomic E-state index is 5.39. The number of likely N-dealkylation sites (tertiary alicyclic amines) is 1. The lowest BCUT2D eigenvalue weighted by atomic mass is 10.1. The van der Waals surface area contributed by atoms with Crippen LogP contribution in [0.25, 0.3) is 0 Å². The first kappa shape index (κ1) is 11.8. The fraction of sp³-hybridized carbons (Fsp3) is 0.538. The SMILES string of the molecule is NOCC1CCCN1Cc1ccc2c(c1)OCO2. The Morgan fingerprint density at radius 3 is 3.11 bits per heavy atom. The third kappa shape index (κ3) is 2.29. The highest BCUT2D eigenvalue weighted by molar-refractivity contribution is 5.44. The van der Waals surface area contributed by atoms with Crippen molar-refractivity contribution in [3.05, 3.63) is 23.8 Å². The van der Waals surface area contributed by atoms with E-state index in [0.717, 1.165) is 31.0 Å². The first-order valence-electron chi connectivity index (χ1n) is 6.31. The van der Waals surface area contributed by atoms with Crippen molar-refractivity contribution in [3.8, 4) is 11.5 Å². The molecule has 2 aliphatic heterocycles. The van der Waals surface area contributed by atoms with E-state index in [1.165, 1.54) is 12.0 Å². The third-order valence-electron chi connectivity index (χ3n) is 3.61. The molecule has 98 valence electrons. The number of hydrogen-bond donors (Lipinski definition) is 1. The van der Waals surface area contributed by atoms with Gasteiger partial charge in [0.1, 0.15) is 0 Å². The summed E-state index contributed by atoms with van der Waals surface area (Å²) >= 11 is 0. The van der Waals surface area contributed by atoms with Crippen LogP contribution in [-0.4, -0.2) is 30.9 Å². The van der Waals surface area contributed by atoms with Gasteiger partial charge in [0.15, 0.2) is 11.5 Å². The van der Waals surface area contributed by atoms with Crippen LogP contribution in [0.15, 0.2) is 18.2 Å². The fourth-order valence-electron chi connectivity index (χ4n) is 2.68. The second kappa shape index (κ2) is 5.14. The number of benzene rings is 1. The number of nitrogens with two attached hydrogens (primary N) is 1. The molecule has 0 spiro atoms. The summed E-state index contributed by atoms with van der Waals surface area (Å²) in [6, 6.07) is 6.55. The van der Waals surface area contributed by atoms with Gasteiger partial charge in [-0.2, -0.15) is 0 Å². The van der Waals surface area contributed by atoms with Crippen molar-refractivity contribution >= 4 is 0 Å². The largest absolute Gasteiger partial charge is 0.454 e. The lowest BCUT2D eigenvalue weighted by Crippen LogP contribution is -2.33. The maximum Gasteiger partial charge on any atom is 0.231 e. The molecule has 5 nitrogen and oxygen atoms in total. The van der Waals surface area contributed by atoms with E-state index in [-0.39, 0.29) is 0 Å². The summed E-state index contributed by atoms with van der Waals surface area (Å²) in [5.41, 5.74) is 1.24. The molecular weight excluding hydrogens is 232 g/mol. The molecular formula is C13H18N2O3. The molecule has 0 saturated carbocycles. The molecule has 0 bridgehead atoms. The van der Waals surface area contributed by atoms with E-state index in [9.17, 15) is 0 Å². The zero-order valence-corrected chi connectivity index (χ0v) is 10.3. The number of rotatable bonds is 4. The van der Waals surface area contributed by atoms with E-state index < -0.39 is 0 Å². The Hall–Kier alpha value is -1.30. The second-order valence-corrected chi connectivity index (χ2v) is 4.79. The summed E-state index contributed by atoms with van der Waals surface area (Å²) in [6.07, 6.45) is 2.36. The number of fused-ring (bicyclic) bond motifs is 1. The van der Waals surface area contributed by atoms with Crippen LogP contribution in [0.5, 0.6) is 11.5 Å². The first-order chi connectivity index (χ1) is 8.86. The Labute approximate surface area is 106 Å².